The first-order valence-electron chi connectivity index (χ1n) is 10.0. The van der Waals surface area contributed by atoms with Crippen LogP contribution >= 0.6 is 23.1 Å². The zero-order chi connectivity index (χ0) is 21.8. The fourth-order valence-electron chi connectivity index (χ4n) is 3.19. The number of imidazole rings is 1. The highest BCUT2D eigenvalue weighted by molar-refractivity contribution is 7.99. The van der Waals surface area contributed by atoms with Crippen molar-refractivity contribution in [2.24, 2.45) is 0 Å². The Morgan fingerprint density at radius 1 is 1.26 bits per heavy atom. The number of nitrogens with two attached hydrogens (primary N) is 1. The number of anilines is 1. The van der Waals surface area contributed by atoms with Gasteiger partial charge in [-0.3, -0.25) is 0 Å². The second-order valence-corrected chi connectivity index (χ2v) is 9.14. The van der Waals surface area contributed by atoms with Gasteiger partial charge in [-0.25, -0.2) is 19.9 Å². The van der Waals surface area contributed by atoms with E-state index in [1.807, 2.05) is 29.8 Å². The summed E-state index contributed by atoms with van der Waals surface area (Å²) in [6.45, 7) is 5.96. The van der Waals surface area contributed by atoms with E-state index >= 15 is 0 Å². The Kier molecular flexibility index (Phi) is 6.69. The number of hydrogen-bond donors (Lipinski definition) is 2. The zero-order valence-electron chi connectivity index (χ0n) is 17.7. The quantitative estimate of drug-likeness (QED) is 0.364. The summed E-state index contributed by atoms with van der Waals surface area (Å²) in [6, 6.07) is 6.45. The summed E-state index contributed by atoms with van der Waals surface area (Å²) in [5.74, 6) is 1.17. The van der Waals surface area contributed by atoms with Crippen molar-refractivity contribution in [3.63, 3.8) is 0 Å². The van der Waals surface area contributed by atoms with Crippen LogP contribution in [0.1, 0.15) is 20.3 Å². The minimum Gasteiger partial charge on any atom is -0.497 e. The highest BCUT2D eigenvalue weighted by atomic mass is 32.2. The summed E-state index contributed by atoms with van der Waals surface area (Å²) in [6.07, 6.45) is 4.24. The van der Waals surface area contributed by atoms with Crippen LogP contribution in [0.3, 0.4) is 0 Å². The van der Waals surface area contributed by atoms with Crippen molar-refractivity contribution in [2.45, 2.75) is 42.9 Å². The predicted molar refractivity (Wildman–Crippen MR) is 126 cm³/mol. The van der Waals surface area contributed by atoms with Crippen molar-refractivity contribution in [3.05, 3.63) is 36.1 Å². The molecule has 0 saturated carbocycles. The number of nitrogen functional groups attached to an aromatic ring is 1. The number of thiazole rings is 1. The van der Waals surface area contributed by atoms with Gasteiger partial charge < -0.3 is 20.4 Å². The Morgan fingerprint density at radius 3 is 2.87 bits per heavy atom. The van der Waals surface area contributed by atoms with E-state index in [0.29, 0.717) is 17.4 Å². The predicted octanol–water partition coefficient (Wildman–Crippen LogP) is 4.08. The summed E-state index contributed by atoms with van der Waals surface area (Å²) < 4.78 is 7.58. The van der Waals surface area contributed by atoms with Crippen molar-refractivity contribution < 1.29 is 4.74 Å². The maximum Gasteiger partial charge on any atom is 0.175 e. The van der Waals surface area contributed by atoms with Crippen molar-refractivity contribution in [3.8, 4) is 16.3 Å². The van der Waals surface area contributed by atoms with Crippen molar-refractivity contribution in [1.29, 1.82) is 0 Å². The molecule has 0 spiro atoms. The Balaban J connectivity index is 1.73. The van der Waals surface area contributed by atoms with Crippen LogP contribution in [0.15, 0.2) is 46.2 Å². The highest BCUT2D eigenvalue weighted by Gasteiger charge is 2.18. The lowest BCUT2D eigenvalue weighted by Gasteiger charge is -2.12. The number of benzene rings is 1. The Morgan fingerprint density at radius 2 is 2.13 bits per heavy atom. The molecule has 1 aromatic carbocycles. The van der Waals surface area contributed by atoms with Gasteiger partial charge in [-0.1, -0.05) is 25.6 Å². The topological polar surface area (TPSA) is 104 Å². The van der Waals surface area contributed by atoms with E-state index < -0.39 is 0 Å². The number of hydrogen-bond acceptors (Lipinski definition) is 9. The first-order valence-corrected chi connectivity index (χ1v) is 11.7. The molecule has 0 aliphatic heterocycles. The van der Waals surface area contributed by atoms with E-state index in [1.165, 1.54) is 6.33 Å². The molecule has 0 unspecified atom stereocenters. The first kappa shape index (κ1) is 21.5. The summed E-state index contributed by atoms with van der Waals surface area (Å²) >= 11 is 3.16. The summed E-state index contributed by atoms with van der Waals surface area (Å²) in [4.78, 5) is 18.9. The van der Waals surface area contributed by atoms with Crippen LogP contribution in [0.25, 0.3) is 21.7 Å². The molecule has 0 saturated heterocycles. The van der Waals surface area contributed by atoms with E-state index in [-0.39, 0.29) is 0 Å². The molecule has 4 rings (SSSR count). The number of aromatic nitrogens is 5. The molecular weight excluding hydrogens is 430 g/mol. The average Bonchev–Trinajstić information content (AvgIpc) is 3.40. The molecule has 3 aromatic heterocycles. The molecule has 3 N–H and O–H groups in total. The third-order valence-corrected chi connectivity index (χ3v) is 6.55. The lowest BCUT2D eigenvalue weighted by atomic mass is 10.2. The molecule has 10 heteroatoms. The molecule has 0 aliphatic rings. The van der Waals surface area contributed by atoms with Crippen LogP contribution in [0.2, 0.25) is 0 Å². The second kappa shape index (κ2) is 9.63. The maximum atomic E-state index is 6.10. The molecule has 31 heavy (non-hydrogen) atoms. The number of aryl methyl sites for hydroxylation is 1. The van der Waals surface area contributed by atoms with Crippen LogP contribution < -0.4 is 15.8 Å². The molecule has 8 nitrogen and oxygen atoms in total. The second-order valence-electron chi connectivity index (χ2n) is 7.24. The maximum absolute atomic E-state index is 6.10. The monoisotopic (exact) mass is 455 g/mol. The molecule has 0 fully saturated rings. The first-order chi connectivity index (χ1) is 15.1. The van der Waals surface area contributed by atoms with Gasteiger partial charge in [0.2, 0.25) is 0 Å². The van der Waals surface area contributed by atoms with Crippen LogP contribution in [0.4, 0.5) is 5.82 Å². The Hall–Kier alpha value is -2.69. The van der Waals surface area contributed by atoms with Crippen molar-refractivity contribution in [1.82, 2.24) is 29.8 Å². The van der Waals surface area contributed by atoms with Gasteiger partial charge in [0.05, 0.1) is 7.11 Å². The zero-order valence-corrected chi connectivity index (χ0v) is 19.3. The molecule has 162 valence electrons. The van der Waals surface area contributed by atoms with E-state index in [2.05, 4.69) is 38.7 Å². The number of nitrogens with zero attached hydrogens (tertiary/aromatic N) is 5. The highest BCUT2D eigenvalue weighted by Crippen LogP contribution is 2.39. The summed E-state index contributed by atoms with van der Waals surface area (Å²) in [7, 11) is 1.67. The SMILES string of the molecule is COc1ccc(-c2nccs2)c(Sc2nc3c(N)ncnc3n2CCCNC(C)C)c1. The molecular formula is C21H25N7OS2. The van der Waals surface area contributed by atoms with Crippen molar-refractivity contribution >= 4 is 40.1 Å². The number of fused-ring (bicyclic) bond motifs is 1. The number of methoxy groups -OCH3 is 1. The van der Waals surface area contributed by atoms with E-state index in [0.717, 1.165) is 51.5 Å². The van der Waals surface area contributed by atoms with Crippen LogP contribution in [0, 0.1) is 0 Å². The molecule has 0 radical (unpaired) electrons. The molecule has 3 heterocycles. The summed E-state index contributed by atoms with van der Waals surface area (Å²) in [5.41, 5.74) is 8.52. The van der Waals surface area contributed by atoms with Gasteiger partial charge in [0.25, 0.3) is 0 Å². The molecule has 0 atom stereocenters. The van der Waals surface area contributed by atoms with Crippen LogP contribution in [-0.4, -0.2) is 44.2 Å². The molecule has 4 aromatic rings. The van der Waals surface area contributed by atoms with Gasteiger partial charge in [-0.05, 0) is 31.2 Å². The largest absolute Gasteiger partial charge is 0.497 e. The van der Waals surface area contributed by atoms with E-state index in [9.17, 15) is 0 Å². The fourth-order valence-corrected chi connectivity index (χ4v) is 5.00. The fraction of sp³-hybridized carbons (Fsp3) is 0.333. The molecule has 0 bridgehead atoms. The third-order valence-electron chi connectivity index (χ3n) is 4.69. The van der Waals surface area contributed by atoms with Gasteiger partial charge in [0.1, 0.15) is 17.1 Å². The lowest BCUT2D eigenvalue weighted by Crippen LogP contribution is -2.24. The van der Waals surface area contributed by atoms with Crippen LogP contribution in [0.5, 0.6) is 5.75 Å². The minimum absolute atomic E-state index is 0.386. The van der Waals surface area contributed by atoms with Gasteiger partial charge in [-0.2, -0.15) is 0 Å². The van der Waals surface area contributed by atoms with Gasteiger partial charge in [-0.15, -0.1) is 11.3 Å². The molecule has 0 amide bonds. The minimum atomic E-state index is 0.386. The number of ether oxygens (including phenoxy) is 1. The standard InChI is InChI=1S/C21H25N7OS2/c1-13(2)23-7-4-9-28-19-17(18(22)25-12-26-19)27-21(28)31-16-11-14(29-3)5-6-15(16)20-24-8-10-30-20/h5-6,8,10-13,23H,4,7,9H2,1-3H3,(H2,22,25,26). The van der Waals surface area contributed by atoms with Gasteiger partial charge >= 0.3 is 0 Å². The average molecular weight is 456 g/mol. The van der Waals surface area contributed by atoms with Crippen LogP contribution in [-0.2, 0) is 6.54 Å². The lowest BCUT2D eigenvalue weighted by molar-refractivity contribution is 0.414. The van der Waals surface area contributed by atoms with E-state index in [1.54, 1.807) is 30.2 Å². The van der Waals surface area contributed by atoms with Gasteiger partial charge in [0.15, 0.2) is 22.1 Å². The molecule has 0 aliphatic carbocycles. The van der Waals surface area contributed by atoms with Gasteiger partial charge in [0, 0.05) is 34.6 Å². The van der Waals surface area contributed by atoms with Crippen molar-refractivity contribution in [2.75, 3.05) is 19.4 Å². The Labute approximate surface area is 189 Å². The van der Waals surface area contributed by atoms with E-state index in [4.69, 9.17) is 15.5 Å². The smallest absolute Gasteiger partial charge is 0.175 e. The number of nitrogens with one attached hydrogen (secondary N) is 1. The number of rotatable bonds is 9. The normalized spacial score (nSPS) is 11.5. The Bertz CT molecular complexity index is 1160. The third kappa shape index (κ3) is 4.81. The summed E-state index contributed by atoms with van der Waals surface area (Å²) in [5, 5.41) is 7.20.